The number of hydrogen-bond acceptors (Lipinski definition) is 6. The summed E-state index contributed by atoms with van der Waals surface area (Å²) in [4.78, 5) is 6.30. The van der Waals surface area contributed by atoms with Crippen molar-refractivity contribution in [1.29, 1.82) is 5.26 Å². The molecule has 1 aromatic carbocycles. The van der Waals surface area contributed by atoms with E-state index in [1.165, 1.54) is 0 Å². The smallest absolute Gasteiger partial charge is 0.146 e. The molecule has 0 spiro atoms. The van der Waals surface area contributed by atoms with Crippen molar-refractivity contribution in [2.45, 2.75) is 26.7 Å². The van der Waals surface area contributed by atoms with Crippen molar-refractivity contribution in [1.82, 2.24) is 10.1 Å². The molecule has 0 saturated carbocycles. The molecule has 0 radical (unpaired) electrons. The molecule has 29 heavy (non-hydrogen) atoms. The molecule has 3 aromatic rings. The molecule has 0 aliphatic carbocycles. The van der Waals surface area contributed by atoms with E-state index in [-0.39, 0.29) is 5.92 Å². The first kappa shape index (κ1) is 20.2. The van der Waals surface area contributed by atoms with E-state index in [4.69, 9.17) is 4.52 Å². The van der Waals surface area contributed by atoms with Crippen molar-refractivity contribution >= 4 is 17.2 Å². The van der Waals surface area contributed by atoms with Crippen LogP contribution in [0.1, 0.15) is 42.3 Å². The van der Waals surface area contributed by atoms with Gasteiger partial charge in [0.25, 0.3) is 0 Å². The minimum Gasteiger partial charge on any atom is -0.362 e. The lowest BCUT2D eigenvalue weighted by Gasteiger charge is -2.15. The molecule has 0 unspecified atom stereocenters. The summed E-state index contributed by atoms with van der Waals surface area (Å²) in [6.07, 6.45) is 1.80. The van der Waals surface area contributed by atoms with Crippen LogP contribution >= 0.6 is 0 Å². The standard InChI is InChI=1S/C23H25N5O/c1-14(2)22-11-21(27-29-22)16(4)26-19-8-7-15(3)20(10-19)18-9-17(12-24)23(25-13-18)28(5)6/h7-11,13-14,26H,4H2,1-3,5-6H3. The van der Waals surface area contributed by atoms with E-state index in [0.29, 0.717) is 22.8 Å². The summed E-state index contributed by atoms with van der Waals surface area (Å²) in [5.74, 6) is 1.74. The summed E-state index contributed by atoms with van der Waals surface area (Å²) in [6, 6.07) is 12.0. The lowest BCUT2D eigenvalue weighted by Crippen LogP contribution is -2.12. The molecule has 6 nitrogen and oxygen atoms in total. The van der Waals surface area contributed by atoms with Gasteiger partial charge in [-0.25, -0.2) is 4.98 Å². The number of nitrogens with one attached hydrogen (secondary N) is 1. The Morgan fingerprint density at radius 1 is 1.24 bits per heavy atom. The monoisotopic (exact) mass is 387 g/mol. The Kier molecular flexibility index (Phi) is 5.69. The van der Waals surface area contributed by atoms with E-state index in [9.17, 15) is 5.26 Å². The predicted octanol–water partition coefficient (Wildman–Crippen LogP) is 5.19. The Morgan fingerprint density at radius 2 is 2.00 bits per heavy atom. The molecular weight excluding hydrogens is 362 g/mol. The molecule has 0 aliphatic heterocycles. The Hall–Kier alpha value is -3.59. The molecule has 6 heteroatoms. The maximum atomic E-state index is 9.49. The summed E-state index contributed by atoms with van der Waals surface area (Å²) >= 11 is 0. The summed E-state index contributed by atoms with van der Waals surface area (Å²) in [5.41, 5.74) is 5.74. The number of nitriles is 1. The Balaban J connectivity index is 1.90. The second-order valence-corrected chi connectivity index (χ2v) is 7.50. The molecule has 3 rings (SSSR count). The number of anilines is 2. The van der Waals surface area contributed by atoms with Gasteiger partial charge in [-0.05, 0) is 36.2 Å². The molecule has 0 saturated heterocycles. The number of rotatable bonds is 6. The zero-order chi connectivity index (χ0) is 21.1. The Morgan fingerprint density at radius 3 is 2.62 bits per heavy atom. The lowest BCUT2D eigenvalue weighted by atomic mass is 10.00. The van der Waals surface area contributed by atoms with Crippen LogP contribution in [0, 0.1) is 18.3 Å². The Labute approximate surface area is 171 Å². The molecular formula is C23H25N5O. The van der Waals surface area contributed by atoms with Crippen molar-refractivity contribution in [3.8, 4) is 17.2 Å². The fourth-order valence-corrected chi connectivity index (χ4v) is 3.00. The van der Waals surface area contributed by atoms with Gasteiger partial charge in [0.1, 0.15) is 23.3 Å². The lowest BCUT2D eigenvalue weighted by molar-refractivity contribution is 0.370. The maximum absolute atomic E-state index is 9.49. The molecule has 2 heterocycles. The van der Waals surface area contributed by atoms with Crippen LogP contribution in [0.3, 0.4) is 0 Å². The van der Waals surface area contributed by atoms with E-state index in [1.807, 2.05) is 56.3 Å². The minimum atomic E-state index is 0.266. The van der Waals surface area contributed by atoms with Crippen molar-refractivity contribution in [2.75, 3.05) is 24.3 Å². The van der Waals surface area contributed by atoms with Crippen LogP contribution in [-0.4, -0.2) is 24.2 Å². The second-order valence-electron chi connectivity index (χ2n) is 7.50. The van der Waals surface area contributed by atoms with Gasteiger partial charge in [-0.2, -0.15) is 5.26 Å². The predicted molar refractivity (Wildman–Crippen MR) is 117 cm³/mol. The summed E-state index contributed by atoms with van der Waals surface area (Å²) in [6.45, 7) is 10.2. The highest BCUT2D eigenvalue weighted by Crippen LogP contribution is 2.30. The number of aromatic nitrogens is 2. The third-order valence-corrected chi connectivity index (χ3v) is 4.66. The van der Waals surface area contributed by atoms with Crippen LogP contribution in [-0.2, 0) is 0 Å². The molecule has 0 bridgehead atoms. The summed E-state index contributed by atoms with van der Waals surface area (Å²) < 4.78 is 5.36. The van der Waals surface area contributed by atoms with Crippen molar-refractivity contribution < 1.29 is 4.52 Å². The average Bonchev–Trinajstić information content (AvgIpc) is 3.19. The van der Waals surface area contributed by atoms with Gasteiger partial charge in [0.05, 0.1) is 11.3 Å². The molecule has 1 N–H and O–H groups in total. The van der Waals surface area contributed by atoms with Gasteiger partial charge in [0.2, 0.25) is 0 Å². The number of benzene rings is 1. The first-order chi connectivity index (χ1) is 13.8. The number of hydrogen-bond donors (Lipinski definition) is 1. The van der Waals surface area contributed by atoms with E-state index in [0.717, 1.165) is 28.1 Å². The highest BCUT2D eigenvalue weighted by Gasteiger charge is 2.13. The van der Waals surface area contributed by atoms with Crippen LogP contribution in [0.25, 0.3) is 16.8 Å². The van der Waals surface area contributed by atoms with Gasteiger partial charge < -0.3 is 14.7 Å². The van der Waals surface area contributed by atoms with Gasteiger partial charge in [-0.15, -0.1) is 0 Å². The van der Waals surface area contributed by atoms with Crippen molar-refractivity contribution in [2.24, 2.45) is 0 Å². The van der Waals surface area contributed by atoms with Crippen LogP contribution in [0.2, 0.25) is 0 Å². The quantitative estimate of drug-likeness (QED) is 0.627. The first-order valence-electron chi connectivity index (χ1n) is 9.41. The van der Waals surface area contributed by atoms with E-state index < -0.39 is 0 Å². The summed E-state index contributed by atoms with van der Waals surface area (Å²) in [7, 11) is 3.75. The van der Waals surface area contributed by atoms with Gasteiger partial charge in [0, 0.05) is 43.5 Å². The largest absolute Gasteiger partial charge is 0.362 e. The first-order valence-corrected chi connectivity index (χ1v) is 9.41. The van der Waals surface area contributed by atoms with Gasteiger partial charge in [0.15, 0.2) is 0 Å². The fourth-order valence-electron chi connectivity index (χ4n) is 3.00. The zero-order valence-corrected chi connectivity index (χ0v) is 17.4. The fraction of sp³-hybridized carbons (Fsp3) is 0.261. The van der Waals surface area contributed by atoms with Crippen molar-refractivity contribution in [3.05, 3.63) is 65.7 Å². The maximum Gasteiger partial charge on any atom is 0.146 e. The van der Waals surface area contributed by atoms with Gasteiger partial charge in [-0.1, -0.05) is 31.6 Å². The second kappa shape index (κ2) is 8.19. The van der Waals surface area contributed by atoms with E-state index in [1.54, 1.807) is 6.20 Å². The average molecular weight is 387 g/mol. The zero-order valence-electron chi connectivity index (χ0n) is 17.4. The topological polar surface area (TPSA) is 78.0 Å². The van der Waals surface area contributed by atoms with Gasteiger partial charge in [-0.3, -0.25) is 0 Å². The van der Waals surface area contributed by atoms with Crippen LogP contribution in [0.4, 0.5) is 11.5 Å². The van der Waals surface area contributed by atoms with Gasteiger partial charge >= 0.3 is 0 Å². The third-order valence-electron chi connectivity index (χ3n) is 4.66. The number of aryl methyl sites for hydroxylation is 1. The normalized spacial score (nSPS) is 10.7. The molecule has 2 aromatic heterocycles. The van der Waals surface area contributed by atoms with Crippen molar-refractivity contribution in [3.63, 3.8) is 0 Å². The molecule has 0 amide bonds. The minimum absolute atomic E-state index is 0.266. The number of pyridine rings is 1. The van der Waals surface area contributed by atoms with E-state index >= 15 is 0 Å². The van der Waals surface area contributed by atoms with Crippen LogP contribution in [0.5, 0.6) is 0 Å². The third kappa shape index (κ3) is 4.30. The van der Waals surface area contributed by atoms with Crippen LogP contribution < -0.4 is 10.2 Å². The molecule has 0 atom stereocenters. The molecule has 148 valence electrons. The summed E-state index contributed by atoms with van der Waals surface area (Å²) in [5, 5.41) is 16.9. The Bertz CT molecular complexity index is 1090. The van der Waals surface area contributed by atoms with E-state index in [2.05, 4.69) is 42.0 Å². The number of nitrogens with zero attached hydrogens (tertiary/aromatic N) is 4. The molecule has 0 aliphatic rings. The van der Waals surface area contributed by atoms with Crippen LogP contribution in [0.15, 0.2) is 47.6 Å². The SMILES string of the molecule is C=C(Nc1ccc(C)c(-c2cnc(N(C)C)c(C#N)c2)c1)c1cc(C(C)C)on1. The highest BCUT2D eigenvalue weighted by molar-refractivity contribution is 5.79. The molecule has 0 fully saturated rings. The highest BCUT2D eigenvalue weighted by atomic mass is 16.5.